The third-order valence-corrected chi connectivity index (χ3v) is 4.39. The van der Waals surface area contributed by atoms with Crippen molar-refractivity contribution in [3.05, 3.63) is 24.1 Å². The van der Waals surface area contributed by atoms with E-state index in [1.807, 2.05) is 25.1 Å². The molecule has 0 spiro atoms. The van der Waals surface area contributed by atoms with Gasteiger partial charge in [-0.3, -0.25) is 4.79 Å². The van der Waals surface area contributed by atoms with Crippen molar-refractivity contribution in [2.24, 2.45) is 5.41 Å². The van der Waals surface area contributed by atoms with Crippen molar-refractivity contribution in [1.29, 1.82) is 0 Å². The monoisotopic (exact) mass is 301 g/mol. The number of rotatable bonds is 3. The first-order chi connectivity index (χ1) is 10.5. The average molecular weight is 301 g/mol. The van der Waals surface area contributed by atoms with Crippen LogP contribution in [0.3, 0.4) is 0 Å². The molecule has 1 unspecified atom stereocenters. The molecule has 0 radical (unpaired) electrons. The molecule has 1 amide bonds. The zero-order valence-electron chi connectivity index (χ0n) is 13.4. The highest BCUT2D eigenvalue weighted by molar-refractivity contribution is 5.96. The van der Waals surface area contributed by atoms with E-state index in [-0.39, 0.29) is 17.4 Å². The molecule has 3 rings (SSSR count). The molecule has 2 heterocycles. The minimum absolute atomic E-state index is 0.0169. The third-order valence-electron chi connectivity index (χ3n) is 4.39. The lowest BCUT2D eigenvalue weighted by atomic mass is 9.77. The van der Waals surface area contributed by atoms with Crippen molar-refractivity contribution in [2.75, 3.05) is 11.9 Å². The van der Waals surface area contributed by atoms with Crippen LogP contribution < -0.4 is 10.6 Å². The van der Waals surface area contributed by atoms with Gasteiger partial charge < -0.3 is 15.1 Å². The zero-order valence-corrected chi connectivity index (χ0v) is 13.4. The lowest BCUT2D eigenvalue weighted by Gasteiger charge is -2.38. The van der Waals surface area contributed by atoms with E-state index in [1.165, 1.54) is 0 Å². The van der Waals surface area contributed by atoms with Crippen LogP contribution in [0.2, 0.25) is 0 Å². The van der Waals surface area contributed by atoms with Gasteiger partial charge in [0.25, 0.3) is 0 Å². The SMILES string of the molecule is CCc1nc2cc(NC(=O)C3NCCCC3(C)C)ccc2o1. The topological polar surface area (TPSA) is 67.2 Å². The molecule has 2 aromatic rings. The number of benzene rings is 1. The molecule has 1 aromatic heterocycles. The number of anilines is 1. The number of carbonyl (C=O) groups is 1. The van der Waals surface area contributed by atoms with Crippen LogP contribution in [-0.4, -0.2) is 23.5 Å². The van der Waals surface area contributed by atoms with E-state index in [2.05, 4.69) is 29.5 Å². The van der Waals surface area contributed by atoms with Crippen molar-refractivity contribution in [3.63, 3.8) is 0 Å². The van der Waals surface area contributed by atoms with Crippen LogP contribution in [0.5, 0.6) is 0 Å². The highest BCUT2D eigenvalue weighted by Gasteiger charge is 2.37. The van der Waals surface area contributed by atoms with E-state index in [1.54, 1.807) is 0 Å². The van der Waals surface area contributed by atoms with Gasteiger partial charge in [0.15, 0.2) is 11.5 Å². The summed E-state index contributed by atoms with van der Waals surface area (Å²) < 4.78 is 5.59. The number of hydrogen-bond donors (Lipinski definition) is 2. The summed E-state index contributed by atoms with van der Waals surface area (Å²) in [4.78, 5) is 17.0. The number of hydrogen-bond acceptors (Lipinski definition) is 4. The number of fused-ring (bicyclic) bond motifs is 1. The second kappa shape index (κ2) is 5.72. The third kappa shape index (κ3) is 2.86. The first-order valence-corrected chi connectivity index (χ1v) is 7.93. The second-order valence-corrected chi connectivity index (χ2v) is 6.61. The molecule has 118 valence electrons. The Balaban J connectivity index is 1.78. The van der Waals surface area contributed by atoms with Crippen molar-refractivity contribution < 1.29 is 9.21 Å². The maximum absolute atomic E-state index is 12.6. The summed E-state index contributed by atoms with van der Waals surface area (Å²) in [5.41, 5.74) is 2.27. The van der Waals surface area contributed by atoms with Gasteiger partial charge in [0, 0.05) is 12.1 Å². The molecule has 1 fully saturated rings. The van der Waals surface area contributed by atoms with Crippen molar-refractivity contribution >= 4 is 22.7 Å². The number of aromatic nitrogens is 1. The van der Waals surface area contributed by atoms with E-state index in [4.69, 9.17) is 4.42 Å². The molecule has 0 bridgehead atoms. The minimum Gasteiger partial charge on any atom is -0.441 e. The first kappa shape index (κ1) is 15.0. The van der Waals surface area contributed by atoms with Gasteiger partial charge in [-0.2, -0.15) is 0 Å². The number of aryl methyl sites for hydroxylation is 1. The van der Waals surface area contributed by atoms with Gasteiger partial charge >= 0.3 is 0 Å². The van der Waals surface area contributed by atoms with Gasteiger partial charge in [-0.05, 0) is 43.0 Å². The Morgan fingerprint density at radius 2 is 2.32 bits per heavy atom. The van der Waals surface area contributed by atoms with E-state index in [9.17, 15) is 4.79 Å². The predicted octanol–water partition coefficient (Wildman–Crippen LogP) is 3.11. The molecular formula is C17H23N3O2. The molecule has 1 aliphatic heterocycles. The van der Waals surface area contributed by atoms with Gasteiger partial charge in [-0.1, -0.05) is 20.8 Å². The molecule has 1 aromatic carbocycles. The number of amides is 1. The van der Waals surface area contributed by atoms with Gasteiger partial charge in [-0.25, -0.2) is 4.98 Å². The van der Waals surface area contributed by atoms with E-state index in [0.29, 0.717) is 5.89 Å². The molecule has 22 heavy (non-hydrogen) atoms. The largest absolute Gasteiger partial charge is 0.441 e. The van der Waals surface area contributed by atoms with Crippen LogP contribution >= 0.6 is 0 Å². The Labute approximate surface area is 130 Å². The van der Waals surface area contributed by atoms with Crippen LogP contribution in [0, 0.1) is 5.41 Å². The maximum Gasteiger partial charge on any atom is 0.242 e. The Morgan fingerprint density at radius 3 is 3.05 bits per heavy atom. The molecule has 1 aliphatic rings. The molecule has 2 N–H and O–H groups in total. The molecule has 5 heteroatoms. The van der Waals surface area contributed by atoms with Crippen LogP contribution in [0.15, 0.2) is 22.6 Å². The Kier molecular flexibility index (Phi) is 3.91. The van der Waals surface area contributed by atoms with Crippen LogP contribution in [-0.2, 0) is 11.2 Å². The summed E-state index contributed by atoms with van der Waals surface area (Å²) in [5, 5.41) is 6.34. The minimum atomic E-state index is -0.166. The van der Waals surface area contributed by atoms with E-state index >= 15 is 0 Å². The summed E-state index contributed by atoms with van der Waals surface area (Å²) in [7, 11) is 0. The smallest absolute Gasteiger partial charge is 0.242 e. The molecule has 0 aliphatic carbocycles. The fourth-order valence-electron chi connectivity index (χ4n) is 3.08. The van der Waals surface area contributed by atoms with Crippen LogP contribution in [0.25, 0.3) is 11.1 Å². The first-order valence-electron chi connectivity index (χ1n) is 7.93. The highest BCUT2D eigenvalue weighted by Crippen LogP contribution is 2.31. The number of oxazole rings is 1. The second-order valence-electron chi connectivity index (χ2n) is 6.61. The molecule has 0 saturated carbocycles. The van der Waals surface area contributed by atoms with Gasteiger partial charge in [0.1, 0.15) is 5.52 Å². The number of piperidine rings is 1. The highest BCUT2D eigenvalue weighted by atomic mass is 16.3. The van der Waals surface area contributed by atoms with Crippen molar-refractivity contribution in [3.8, 4) is 0 Å². The summed E-state index contributed by atoms with van der Waals surface area (Å²) in [5.74, 6) is 0.733. The fraction of sp³-hybridized carbons (Fsp3) is 0.529. The Hall–Kier alpha value is -1.88. The summed E-state index contributed by atoms with van der Waals surface area (Å²) in [6, 6.07) is 5.42. The summed E-state index contributed by atoms with van der Waals surface area (Å²) >= 11 is 0. The molecule has 5 nitrogen and oxygen atoms in total. The fourth-order valence-corrected chi connectivity index (χ4v) is 3.08. The summed E-state index contributed by atoms with van der Waals surface area (Å²) in [6.07, 6.45) is 2.93. The maximum atomic E-state index is 12.6. The number of carbonyl (C=O) groups excluding carboxylic acids is 1. The molecule has 1 atom stereocenters. The predicted molar refractivity (Wildman–Crippen MR) is 86.8 cm³/mol. The quantitative estimate of drug-likeness (QED) is 0.914. The van der Waals surface area contributed by atoms with Crippen molar-refractivity contribution in [2.45, 2.75) is 46.1 Å². The van der Waals surface area contributed by atoms with Crippen LogP contribution in [0.1, 0.15) is 39.5 Å². The van der Waals surface area contributed by atoms with Crippen LogP contribution in [0.4, 0.5) is 5.69 Å². The van der Waals surface area contributed by atoms with Gasteiger partial charge in [0.2, 0.25) is 5.91 Å². The van der Waals surface area contributed by atoms with Crippen molar-refractivity contribution in [1.82, 2.24) is 10.3 Å². The van der Waals surface area contributed by atoms with Gasteiger partial charge in [0.05, 0.1) is 6.04 Å². The summed E-state index contributed by atoms with van der Waals surface area (Å²) in [6.45, 7) is 7.17. The lowest BCUT2D eigenvalue weighted by Crippen LogP contribution is -2.53. The zero-order chi connectivity index (χ0) is 15.7. The lowest BCUT2D eigenvalue weighted by molar-refractivity contribution is -0.121. The Morgan fingerprint density at radius 1 is 1.50 bits per heavy atom. The van der Waals surface area contributed by atoms with E-state index < -0.39 is 0 Å². The number of nitrogens with zero attached hydrogens (tertiary/aromatic N) is 1. The number of nitrogens with one attached hydrogen (secondary N) is 2. The molecular weight excluding hydrogens is 278 g/mol. The average Bonchev–Trinajstić information content (AvgIpc) is 2.89. The van der Waals surface area contributed by atoms with E-state index in [0.717, 1.165) is 42.6 Å². The Bertz CT molecular complexity index is 690. The van der Waals surface area contributed by atoms with Gasteiger partial charge in [-0.15, -0.1) is 0 Å². The normalized spacial score (nSPS) is 21.0. The molecule has 1 saturated heterocycles. The standard InChI is InChI=1S/C17H23N3O2/c1-4-14-20-12-10-11(6-7-13(12)22-14)19-16(21)15-17(2,3)8-5-9-18-15/h6-7,10,15,18H,4-5,8-9H2,1-3H3,(H,19,21).